The van der Waals surface area contributed by atoms with E-state index in [0.29, 0.717) is 35.0 Å². The van der Waals surface area contributed by atoms with E-state index in [-0.39, 0.29) is 18.2 Å². The van der Waals surface area contributed by atoms with Gasteiger partial charge in [0.1, 0.15) is 0 Å². The highest BCUT2D eigenvalue weighted by atomic mass is 19.4. The molecule has 1 unspecified atom stereocenters. The number of allylic oxidation sites excluding steroid dienone is 3. The molecule has 0 saturated carbocycles. The number of carbonyl (C=O) groups excluding carboxylic acids is 2. The van der Waals surface area contributed by atoms with Crippen LogP contribution in [0.1, 0.15) is 32.0 Å². The number of amides is 1. The number of alkyl halides is 3. The summed E-state index contributed by atoms with van der Waals surface area (Å²) in [5.41, 5.74) is -1.01. The number of halogens is 3. The third-order valence-electron chi connectivity index (χ3n) is 4.88. The van der Waals surface area contributed by atoms with E-state index in [0.717, 1.165) is 12.3 Å². The molecule has 1 aliphatic heterocycles. The zero-order valence-electron chi connectivity index (χ0n) is 14.9. The van der Waals surface area contributed by atoms with Crippen molar-refractivity contribution in [1.82, 2.24) is 9.88 Å². The average molecular weight is 378 g/mol. The predicted octanol–water partition coefficient (Wildman–Crippen LogP) is 2.92. The standard InChI is InChI=1S/C19H17F3N2O3/c1-10-14-6-7-15(25)11(2)16(14)24(17(10)26)9-13-5-4-12(8-23-13)18(3,27)19(20,21)22/h4-8,27H,9H2,1-3H3. The fourth-order valence-corrected chi connectivity index (χ4v) is 3.03. The summed E-state index contributed by atoms with van der Waals surface area (Å²) >= 11 is 0. The number of fused-ring (bicyclic) bond motifs is 1. The van der Waals surface area contributed by atoms with Crippen LogP contribution in [0.15, 0.2) is 52.9 Å². The topological polar surface area (TPSA) is 70.5 Å². The maximum absolute atomic E-state index is 12.9. The molecule has 1 aromatic rings. The van der Waals surface area contributed by atoms with Gasteiger partial charge in [-0.2, -0.15) is 13.2 Å². The Bertz CT molecular complexity index is 923. The van der Waals surface area contributed by atoms with Gasteiger partial charge in [-0.3, -0.25) is 14.6 Å². The summed E-state index contributed by atoms with van der Waals surface area (Å²) in [5, 5.41) is 9.70. The molecule has 1 amide bonds. The number of carbonyl (C=O) groups is 2. The second kappa shape index (κ2) is 6.16. The Morgan fingerprint density at radius 3 is 2.33 bits per heavy atom. The molecule has 0 aromatic carbocycles. The molecule has 0 fully saturated rings. The highest BCUT2D eigenvalue weighted by Gasteiger charge is 2.51. The van der Waals surface area contributed by atoms with Crippen molar-refractivity contribution in [2.75, 3.05) is 0 Å². The summed E-state index contributed by atoms with van der Waals surface area (Å²) in [4.78, 5) is 29.9. The van der Waals surface area contributed by atoms with Crippen LogP contribution in [-0.2, 0) is 21.7 Å². The summed E-state index contributed by atoms with van der Waals surface area (Å²) in [6.07, 6.45) is -0.902. The minimum Gasteiger partial charge on any atom is -0.376 e. The van der Waals surface area contributed by atoms with Gasteiger partial charge in [0.05, 0.1) is 17.9 Å². The zero-order chi connectivity index (χ0) is 20.1. The molecule has 0 spiro atoms. The maximum atomic E-state index is 12.9. The molecule has 0 saturated heterocycles. The smallest absolute Gasteiger partial charge is 0.376 e. The molecular weight excluding hydrogens is 361 g/mol. The fourth-order valence-electron chi connectivity index (χ4n) is 3.03. The van der Waals surface area contributed by atoms with Crippen LogP contribution in [0, 0.1) is 0 Å². The summed E-state index contributed by atoms with van der Waals surface area (Å²) < 4.78 is 38.8. The first-order valence-corrected chi connectivity index (χ1v) is 8.16. The molecule has 3 rings (SSSR count). The van der Waals surface area contributed by atoms with Gasteiger partial charge < -0.3 is 10.0 Å². The summed E-state index contributed by atoms with van der Waals surface area (Å²) in [6.45, 7) is 3.93. The van der Waals surface area contributed by atoms with Gasteiger partial charge >= 0.3 is 6.18 Å². The zero-order valence-corrected chi connectivity index (χ0v) is 14.9. The van der Waals surface area contributed by atoms with E-state index in [1.54, 1.807) is 19.9 Å². The Balaban J connectivity index is 1.90. The van der Waals surface area contributed by atoms with Crippen molar-refractivity contribution < 1.29 is 27.9 Å². The first-order valence-electron chi connectivity index (χ1n) is 8.16. The Labute approximate surface area is 153 Å². The first-order chi connectivity index (χ1) is 12.4. The third kappa shape index (κ3) is 2.99. The van der Waals surface area contributed by atoms with Crippen LogP contribution in [0.4, 0.5) is 13.2 Å². The van der Waals surface area contributed by atoms with Gasteiger partial charge in [0.2, 0.25) is 0 Å². The van der Waals surface area contributed by atoms with Gasteiger partial charge in [0.15, 0.2) is 11.4 Å². The Hall–Kier alpha value is -2.74. The van der Waals surface area contributed by atoms with Crippen LogP contribution < -0.4 is 0 Å². The van der Waals surface area contributed by atoms with Crippen molar-refractivity contribution in [3.63, 3.8) is 0 Å². The number of nitrogens with zero attached hydrogens (tertiary/aromatic N) is 2. The summed E-state index contributed by atoms with van der Waals surface area (Å²) in [7, 11) is 0. The molecule has 0 bridgehead atoms. The van der Waals surface area contributed by atoms with Gasteiger partial charge in [-0.15, -0.1) is 0 Å². The Morgan fingerprint density at radius 2 is 1.78 bits per heavy atom. The summed E-state index contributed by atoms with van der Waals surface area (Å²) in [6, 6.07) is 2.46. The van der Waals surface area contributed by atoms with Gasteiger partial charge in [-0.05, 0) is 39.0 Å². The van der Waals surface area contributed by atoms with Crippen molar-refractivity contribution in [3.05, 3.63) is 64.2 Å². The second-order valence-electron chi connectivity index (χ2n) is 6.71. The third-order valence-corrected chi connectivity index (χ3v) is 4.88. The van der Waals surface area contributed by atoms with Crippen LogP contribution in [0.2, 0.25) is 0 Å². The Kier molecular flexibility index (Phi) is 4.34. The molecule has 0 radical (unpaired) electrons. The van der Waals surface area contributed by atoms with Crippen molar-refractivity contribution >= 4 is 11.7 Å². The van der Waals surface area contributed by atoms with E-state index in [9.17, 15) is 27.9 Å². The molecule has 1 atom stereocenters. The lowest BCUT2D eigenvalue weighted by Crippen LogP contribution is -2.39. The van der Waals surface area contributed by atoms with Crippen molar-refractivity contribution in [3.8, 4) is 0 Å². The van der Waals surface area contributed by atoms with Crippen molar-refractivity contribution in [1.29, 1.82) is 0 Å². The molecule has 2 aliphatic rings. The molecule has 2 heterocycles. The van der Waals surface area contributed by atoms with Gasteiger partial charge in [-0.25, -0.2) is 0 Å². The van der Waals surface area contributed by atoms with Crippen LogP contribution in [0.3, 0.4) is 0 Å². The van der Waals surface area contributed by atoms with Gasteiger partial charge in [0.25, 0.3) is 5.91 Å². The molecule has 1 N–H and O–H groups in total. The van der Waals surface area contributed by atoms with Crippen LogP contribution >= 0.6 is 0 Å². The number of aromatic nitrogens is 1. The number of ketones is 1. The number of rotatable bonds is 3. The molecule has 8 heteroatoms. The largest absolute Gasteiger partial charge is 0.421 e. The lowest BCUT2D eigenvalue weighted by Gasteiger charge is -2.27. The van der Waals surface area contributed by atoms with Crippen LogP contribution in [0.25, 0.3) is 0 Å². The normalized spacial score (nSPS) is 19.7. The number of aliphatic hydroxyl groups is 1. The van der Waals surface area contributed by atoms with E-state index in [2.05, 4.69) is 4.98 Å². The van der Waals surface area contributed by atoms with Crippen molar-refractivity contribution in [2.45, 2.75) is 39.1 Å². The Morgan fingerprint density at radius 1 is 1.11 bits per heavy atom. The summed E-state index contributed by atoms with van der Waals surface area (Å²) in [5.74, 6) is -0.488. The van der Waals surface area contributed by atoms with Gasteiger partial charge in [0, 0.05) is 28.5 Å². The molecule has 142 valence electrons. The van der Waals surface area contributed by atoms with E-state index >= 15 is 0 Å². The van der Waals surface area contributed by atoms with E-state index < -0.39 is 17.3 Å². The minimum absolute atomic E-state index is 0.00189. The van der Waals surface area contributed by atoms with Crippen molar-refractivity contribution in [2.24, 2.45) is 0 Å². The number of hydrogen-bond acceptors (Lipinski definition) is 4. The predicted molar refractivity (Wildman–Crippen MR) is 90.0 cm³/mol. The SMILES string of the molecule is CC1=C2C=CC(=O)C(C)=C2N(Cc2ccc(C(C)(O)C(F)(F)F)cn2)C1=O. The van der Waals surface area contributed by atoms with E-state index in [1.807, 2.05) is 0 Å². The van der Waals surface area contributed by atoms with Gasteiger partial charge in [-0.1, -0.05) is 6.07 Å². The molecule has 5 nitrogen and oxygen atoms in total. The molecule has 1 aliphatic carbocycles. The number of hydrogen-bond donors (Lipinski definition) is 1. The molecule has 27 heavy (non-hydrogen) atoms. The lowest BCUT2D eigenvalue weighted by atomic mass is 9.96. The fraction of sp³-hybridized carbons (Fsp3) is 0.316. The minimum atomic E-state index is -4.84. The van der Waals surface area contributed by atoms with E-state index in [1.165, 1.54) is 17.0 Å². The highest BCUT2D eigenvalue weighted by molar-refractivity contribution is 6.11. The van der Waals surface area contributed by atoms with Crippen LogP contribution in [0.5, 0.6) is 0 Å². The quantitative estimate of drug-likeness (QED) is 0.878. The monoisotopic (exact) mass is 378 g/mol. The van der Waals surface area contributed by atoms with E-state index in [4.69, 9.17) is 0 Å². The number of pyridine rings is 1. The second-order valence-corrected chi connectivity index (χ2v) is 6.71. The van der Waals surface area contributed by atoms with Crippen LogP contribution in [-0.4, -0.2) is 32.9 Å². The maximum Gasteiger partial charge on any atom is 0.421 e. The molecule has 1 aromatic heterocycles. The average Bonchev–Trinajstić information content (AvgIpc) is 2.83. The first kappa shape index (κ1) is 19.0. The highest BCUT2D eigenvalue weighted by Crippen LogP contribution is 2.39. The lowest BCUT2D eigenvalue weighted by molar-refractivity contribution is -0.259. The molecular formula is C19H17F3N2O3.